The molecular weight excluding hydrogens is 416 g/mol. The summed E-state index contributed by atoms with van der Waals surface area (Å²) in [7, 11) is 0. The topological polar surface area (TPSA) is 57.2 Å². The van der Waals surface area contributed by atoms with E-state index in [9.17, 15) is 5.11 Å². The number of hydrogen-bond donors (Lipinski definition) is 1. The minimum Gasteiger partial charge on any atom is -0.487 e. The summed E-state index contributed by atoms with van der Waals surface area (Å²) in [4.78, 5) is 0. The lowest BCUT2D eigenvalue weighted by molar-refractivity contribution is -0.211. The predicted octanol–water partition coefficient (Wildman–Crippen LogP) is 4.65. The van der Waals surface area contributed by atoms with E-state index in [0.29, 0.717) is 19.8 Å². The van der Waals surface area contributed by atoms with Crippen molar-refractivity contribution in [3.63, 3.8) is 0 Å². The maximum Gasteiger partial charge on any atom is 0.150 e. The van der Waals surface area contributed by atoms with Crippen LogP contribution in [0.2, 0.25) is 0 Å². The largest absolute Gasteiger partial charge is 0.487 e. The average Bonchev–Trinajstić information content (AvgIpc) is 2.86. The Morgan fingerprint density at radius 3 is 1.64 bits per heavy atom. The third-order valence-electron chi connectivity index (χ3n) is 5.60. The summed E-state index contributed by atoms with van der Waals surface area (Å²) < 4.78 is 24.3. The molecule has 5 heteroatoms. The van der Waals surface area contributed by atoms with E-state index >= 15 is 0 Å². The van der Waals surface area contributed by atoms with Crippen molar-refractivity contribution in [2.45, 2.75) is 44.2 Å². The van der Waals surface area contributed by atoms with Gasteiger partial charge < -0.3 is 24.1 Å². The zero-order chi connectivity index (χ0) is 22.9. The van der Waals surface area contributed by atoms with Crippen LogP contribution in [0.5, 0.6) is 0 Å². The summed E-state index contributed by atoms with van der Waals surface area (Å²) in [6.45, 7) is 5.36. The fourth-order valence-electron chi connectivity index (χ4n) is 3.82. The van der Waals surface area contributed by atoms with Crippen molar-refractivity contribution in [2.24, 2.45) is 0 Å². The molecule has 1 aliphatic rings. The number of rotatable bonds is 10. The van der Waals surface area contributed by atoms with Crippen LogP contribution in [0, 0.1) is 0 Å². The average molecular weight is 447 g/mol. The summed E-state index contributed by atoms with van der Waals surface area (Å²) in [5, 5.41) is 10.8. The lowest BCUT2D eigenvalue weighted by Gasteiger charge is -2.41. The third kappa shape index (κ3) is 6.53. The molecule has 1 fully saturated rings. The van der Waals surface area contributed by atoms with Gasteiger partial charge in [0.1, 0.15) is 24.1 Å². The maximum absolute atomic E-state index is 10.8. The van der Waals surface area contributed by atoms with Gasteiger partial charge in [-0.25, -0.2) is 0 Å². The van der Waals surface area contributed by atoms with Crippen LogP contribution in [0.1, 0.15) is 16.7 Å². The van der Waals surface area contributed by atoms with Crippen LogP contribution < -0.4 is 0 Å². The molecule has 33 heavy (non-hydrogen) atoms. The fourth-order valence-corrected chi connectivity index (χ4v) is 3.82. The molecule has 0 aliphatic carbocycles. The second kappa shape index (κ2) is 11.8. The second-order valence-electron chi connectivity index (χ2n) is 8.09. The molecule has 3 aromatic carbocycles. The van der Waals surface area contributed by atoms with Crippen molar-refractivity contribution in [3.05, 3.63) is 120 Å². The highest BCUT2D eigenvalue weighted by Crippen LogP contribution is 2.29. The van der Waals surface area contributed by atoms with Crippen molar-refractivity contribution >= 4 is 0 Å². The van der Waals surface area contributed by atoms with E-state index in [-0.39, 0.29) is 12.4 Å². The van der Waals surface area contributed by atoms with Crippen molar-refractivity contribution in [1.29, 1.82) is 0 Å². The molecule has 1 N–H and O–H groups in total. The first-order valence-electron chi connectivity index (χ1n) is 11.2. The van der Waals surface area contributed by atoms with E-state index in [0.717, 1.165) is 16.7 Å². The minimum absolute atomic E-state index is 0.265. The second-order valence-corrected chi connectivity index (χ2v) is 8.09. The molecule has 1 saturated heterocycles. The zero-order valence-corrected chi connectivity index (χ0v) is 18.6. The van der Waals surface area contributed by atoms with Gasteiger partial charge in [0.25, 0.3) is 0 Å². The Labute approximate surface area is 195 Å². The third-order valence-corrected chi connectivity index (χ3v) is 5.60. The molecule has 1 aliphatic heterocycles. The van der Waals surface area contributed by atoms with Crippen LogP contribution in [0.25, 0.3) is 0 Å². The molecule has 0 spiro atoms. The quantitative estimate of drug-likeness (QED) is 0.491. The highest BCUT2D eigenvalue weighted by molar-refractivity contribution is 5.16. The number of benzene rings is 3. The highest BCUT2D eigenvalue weighted by Gasteiger charge is 2.44. The number of ether oxygens (including phenoxy) is 4. The van der Waals surface area contributed by atoms with Crippen LogP contribution in [-0.2, 0) is 38.8 Å². The lowest BCUT2D eigenvalue weighted by atomic mass is 9.97. The summed E-state index contributed by atoms with van der Waals surface area (Å²) in [5.74, 6) is 0.265. The van der Waals surface area contributed by atoms with Gasteiger partial charge in [-0.15, -0.1) is 0 Å². The summed E-state index contributed by atoms with van der Waals surface area (Å²) in [5.41, 5.74) is 3.12. The molecular formula is C28H30O5. The number of aliphatic hydroxyl groups excluding tert-OH is 1. The van der Waals surface area contributed by atoms with Crippen LogP contribution in [0.3, 0.4) is 0 Å². The Balaban J connectivity index is 1.46. The Kier molecular flexibility index (Phi) is 8.28. The molecule has 0 radical (unpaired) electrons. The van der Waals surface area contributed by atoms with Crippen LogP contribution in [-0.4, -0.2) is 36.1 Å². The molecule has 0 bridgehead atoms. The molecule has 172 valence electrons. The van der Waals surface area contributed by atoms with Crippen LogP contribution in [0.4, 0.5) is 0 Å². The standard InChI is InChI=1S/C28H30O5/c1-21-26(29)28(32-19-24-15-9-4-10-16-24)27(31-18-23-13-7-3-8-14-23)25(33-21)20-30-17-22-11-5-2-6-12-22/h2-16,25-29H,1,17-20H2/t25-,26+,27-,28-/m1/s1. The van der Waals surface area contributed by atoms with Gasteiger partial charge in [0, 0.05) is 0 Å². The molecule has 0 aromatic heterocycles. The van der Waals surface area contributed by atoms with Gasteiger partial charge in [-0.1, -0.05) is 97.6 Å². The number of hydrogen-bond acceptors (Lipinski definition) is 5. The molecule has 0 unspecified atom stereocenters. The molecule has 4 atom stereocenters. The van der Waals surface area contributed by atoms with Crippen molar-refractivity contribution in [1.82, 2.24) is 0 Å². The van der Waals surface area contributed by atoms with E-state index in [4.69, 9.17) is 18.9 Å². The Hall–Kier alpha value is -2.96. The fraction of sp³-hybridized carbons (Fsp3) is 0.286. The van der Waals surface area contributed by atoms with Gasteiger partial charge in [0.05, 0.1) is 26.4 Å². The number of aliphatic hydroxyl groups is 1. The van der Waals surface area contributed by atoms with E-state index < -0.39 is 24.4 Å². The molecule has 0 saturated carbocycles. The monoisotopic (exact) mass is 446 g/mol. The van der Waals surface area contributed by atoms with Gasteiger partial charge in [0.15, 0.2) is 6.10 Å². The zero-order valence-electron chi connectivity index (χ0n) is 18.6. The van der Waals surface area contributed by atoms with Crippen LogP contribution in [0.15, 0.2) is 103 Å². The van der Waals surface area contributed by atoms with E-state index in [1.54, 1.807) is 0 Å². The molecule has 0 amide bonds. The predicted molar refractivity (Wildman–Crippen MR) is 126 cm³/mol. The first kappa shape index (κ1) is 23.2. The normalized spacial score (nSPS) is 22.6. The molecule has 4 rings (SSSR count). The van der Waals surface area contributed by atoms with E-state index in [1.165, 1.54) is 0 Å². The Morgan fingerprint density at radius 1 is 0.667 bits per heavy atom. The van der Waals surface area contributed by atoms with E-state index in [1.807, 2.05) is 91.0 Å². The SMILES string of the molecule is C=C1O[C@H](COCc2ccccc2)[C@@H](OCc2ccccc2)[C@H](OCc2ccccc2)[C@H]1O. The molecule has 1 heterocycles. The van der Waals surface area contributed by atoms with Gasteiger partial charge in [-0.05, 0) is 16.7 Å². The summed E-state index contributed by atoms with van der Waals surface area (Å²) >= 11 is 0. The maximum atomic E-state index is 10.8. The molecule has 3 aromatic rings. The summed E-state index contributed by atoms with van der Waals surface area (Å²) in [6, 6.07) is 29.7. The minimum atomic E-state index is -1.00. The first-order chi connectivity index (χ1) is 16.2. The Morgan fingerprint density at radius 2 is 1.12 bits per heavy atom. The van der Waals surface area contributed by atoms with Gasteiger partial charge in [-0.3, -0.25) is 0 Å². The Bertz CT molecular complexity index is 977. The smallest absolute Gasteiger partial charge is 0.150 e. The van der Waals surface area contributed by atoms with Gasteiger partial charge in [0.2, 0.25) is 0 Å². The lowest BCUT2D eigenvalue weighted by Crippen LogP contribution is -2.55. The van der Waals surface area contributed by atoms with Crippen LogP contribution >= 0.6 is 0 Å². The van der Waals surface area contributed by atoms with Gasteiger partial charge >= 0.3 is 0 Å². The van der Waals surface area contributed by atoms with Crippen molar-refractivity contribution in [2.75, 3.05) is 6.61 Å². The van der Waals surface area contributed by atoms with Crippen molar-refractivity contribution in [3.8, 4) is 0 Å². The molecule has 5 nitrogen and oxygen atoms in total. The first-order valence-corrected chi connectivity index (χ1v) is 11.2. The van der Waals surface area contributed by atoms with Crippen molar-refractivity contribution < 1.29 is 24.1 Å². The van der Waals surface area contributed by atoms with E-state index in [2.05, 4.69) is 6.58 Å². The van der Waals surface area contributed by atoms with Gasteiger partial charge in [-0.2, -0.15) is 0 Å². The highest BCUT2D eigenvalue weighted by atomic mass is 16.6. The summed E-state index contributed by atoms with van der Waals surface area (Å²) in [6.07, 6.45) is -2.64.